The van der Waals surface area contributed by atoms with Gasteiger partial charge in [0.05, 0.1) is 4.92 Å². The first-order valence-corrected chi connectivity index (χ1v) is 10.2. The lowest BCUT2D eigenvalue weighted by Crippen LogP contribution is -2.25. The minimum Gasteiger partial charge on any atom is -0.355 e. The van der Waals surface area contributed by atoms with Gasteiger partial charge in [0.15, 0.2) is 11.5 Å². The van der Waals surface area contributed by atoms with Gasteiger partial charge in [-0.15, -0.1) is 11.8 Å². The lowest BCUT2D eigenvalue weighted by Gasteiger charge is -2.03. The van der Waals surface area contributed by atoms with Gasteiger partial charge in [0, 0.05) is 41.0 Å². The average Bonchev–Trinajstić information content (AvgIpc) is 3.27. The van der Waals surface area contributed by atoms with Crippen LogP contribution < -0.4 is 5.32 Å². The number of thioether (sulfide) groups is 1. The molecule has 1 heterocycles. The molecule has 0 aliphatic rings. The Bertz CT molecular complexity index is 1200. The Morgan fingerprint density at radius 3 is 2.57 bits per heavy atom. The molecule has 0 saturated heterocycles. The molecule has 3 aromatic carbocycles. The Labute approximate surface area is 176 Å². The van der Waals surface area contributed by atoms with E-state index in [1.165, 1.54) is 23.9 Å². The highest BCUT2D eigenvalue weighted by molar-refractivity contribution is 7.99. The van der Waals surface area contributed by atoms with Gasteiger partial charge in [0.2, 0.25) is 0 Å². The molecule has 7 nitrogen and oxygen atoms in total. The van der Waals surface area contributed by atoms with Crippen molar-refractivity contribution in [3.8, 4) is 11.3 Å². The van der Waals surface area contributed by atoms with Crippen molar-refractivity contribution in [1.82, 2.24) is 10.5 Å². The number of hydrogen-bond acceptors (Lipinski definition) is 6. The highest BCUT2D eigenvalue weighted by Crippen LogP contribution is 2.25. The maximum Gasteiger partial charge on any atom is 0.273 e. The molecule has 30 heavy (non-hydrogen) atoms. The first-order valence-electron chi connectivity index (χ1n) is 9.21. The van der Waals surface area contributed by atoms with Crippen LogP contribution >= 0.6 is 11.8 Å². The van der Waals surface area contributed by atoms with Gasteiger partial charge in [-0.1, -0.05) is 41.6 Å². The zero-order valence-corrected chi connectivity index (χ0v) is 16.6. The zero-order chi connectivity index (χ0) is 20.9. The third-order valence-corrected chi connectivity index (χ3v) is 5.49. The van der Waals surface area contributed by atoms with Crippen LogP contribution in [0.1, 0.15) is 10.5 Å². The van der Waals surface area contributed by atoms with E-state index in [1.54, 1.807) is 18.2 Å². The first kappa shape index (κ1) is 19.7. The maximum atomic E-state index is 12.3. The molecular weight excluding hydrogens is 402 g/mol. The molecular formula is C22H17N3O4S. The number of aromatic nitrogens is 1. The molecule has 1 aromatic heterocycles. The smallest absolute Gasteiger partial charge is 0.273 e. The van der Waals surface area contributed by atoms with Crippen LogP contribution in [0.15, 0.2) is 82.2 Å². The molecule has 0 saturated carbocycles. The zero-order valence-electron chi connectivity index (χ0n) is 15.8. The lowest BCUT2D eigenvalue weighted by molar-refractivity contribution is -0.384. The van der Waals surface area contributed by atoms with E-state index >= 15 is 0 Å². The summed E-state index contributed by atoms with van der Waals surface area (Å²) in [5.41, 5.74) is 1.13. The van der Waals surface area contributed by atoms with Crippen molar-refractivity contribution in [2.75, 3.05) is 12.3 Å². The summed E-state index contributed by atoms with van der Waals surface area (Å²) in [5, 5.41) is 19.6. The van der Waals surface area contributed by atoms with Crippen molar-refractivity contribution in [3.63, 3.8) is 0 Å². The lowest BCUT2D eigenvalue weighted by atomic mass is 10.1. The van der Waals surface area contributed by atoms with Crippen LogP contribution in [0.4, 0.5) is 5.69 Å². The van der Waals surface area contributed by atoms with E-state index in [4.69, 9.17) is 4.52 Å². The van der Waals surface area contributed by atoms with E-state index in [0.29, 0.717) is 18.1 Å². The van der Waals surface area contributed by atoms with Gasteiger partial charge in [-0.3, -0.25) is 14.9 Å². The van der Waals surface area contributed by atoms with E-state index in [9.17, 15) is 14.9 Å². The number of hydrogen-bond donors (Lipinski definition) is 1. The second-order valence-electron chi connectivity index (χ2n) is 6.49. The van der Waals surface area contributed by atoms with Crippen molar-refractivity contribution in [2.24, 2.45) is 0 Å². The molecule has 0 radical (unpaired) electrons. The number of nitrogens with one attached hydrogen (secondary N) is 1. The second-order valence-corrected chi connectivity index (χ2v) is 7.66. The maximum absolute atomic E-state index is 12.3. The number of nitrogens with zero attached hydrogens (tertiary/aromatic N) is 2. The number of carbonyl (C=O) groups is 1. The molecule has 0 unspecified atom stereocenters. The van der Waals surface area contributed by atoms with Gasteiger partial charge in [0.1, 0.15) is 0 Å². The fraction of sp³-hybridized carbons (Fsp3) is 0.0909. The average molecular weight is 419 g/mol. The molecule has 8 heteroatoms. The number of non-ortho nitro benzene ring substituents is 1. The van der Waals surface area contributed by atoms with Crippen LogP contribution in [0.2, 0.25) is 0 Å². The summed E-state index contributed by atoms with van der Waals surface area (Å²) < 4.78 is 5.36. The van der Waals surface area contributed by atoms with Crippen LogP contribution in [0.5, 0.6) is 0 Å². The highest BCUT2D eigenvalue weighted by Gasteiger charge is 2.14. The largest absolute Gasteiger partial charge is 0.355 e. The van der Waals surface area contributed by atoms with Crippen LogP contribution in [0.3, 0.4) is 0 Å². The number of rotatable bonds is 7. The summed E-state index contributed by atoms with van der Waals surface area (Å²) in [5.74, 6) is 0.847. The Balaban J connectivity index is 1.32. The fourth-order valence-electron chi connectivity index (χ4n) is 2.95. The predicted octanol–water partition coefficient (Wildman–Crippen LogP) is 4.93. The SMILES string of the molecule is O=C(NCCSc1ccc([N+](=O)[O-])cc1)c1cc(-c2ccc3ccccc3c2)on1. The molecule has 0 aliphatic heterocycles. The Hall–Kier alpha value is -3.65. The van der Waals surface area contributed by atoms with Crippen LogP contribution in [-0.2, 0) is 0 Å². The number of nitro groups is 1. The van der Waals surface area contributed by atoms with Crippen molar-refractivity contribution < 1.29 is 14.2 Å². The normalized spacial score (nSPS) is 10.8. The summed E-state index contributed by atoms with van der Waals surface area (Å²) in [6.45, 7) is 0.429. The van der Waals surface area contributed by atoms with E-state index in [0.717, 1.165) is 21.2 Å². The summed E-state index contributed by atoms with van der Waals surface area (Å²) in [6, 6.07) is 21.9. The van der Waals surface area contributed by atoms with Crippen molar-refractivity contribution >= 4 is 34.1 Å². The van der Waals surface area contributed by atoms with Crippen LogP contribution in [0.25, 0.3) is 22.1 Å². The molecule has 4 rings (SSSR count). The number of fused-ring (bicyclic) bond motifs is 1. The minimum absolute atomic E-state index is 0.0564. The Morgan fingerprint density at radius 2 is 1.80 bits per heavy atom. The number of amides is 1. The van der Waals surface area contributed by atoms with Crippen LogP contribution in [-0.4, -0.2) is 28.3 Å². The molecule has 0 fully saturated rings. The molecule has 0 atom stereocenters. The quantitative estimate of drug-likeness (QED) is 0.197. The summed E-state index contributed by atoms with van der Waals surface area (Å²) in [7, 11) is 0. The third-order valence-electron chi connectivity index (χ3n) is 4.48. The van der Waals surface area contributed by atoms with E-state index < -0.39 is 4.92 Å². The number of benzene rings is 3. The van der Waals surface area contributed by atoms with Gasteiger partial charge in [-0.2, -0.15) is 0 Å². The van der Waals surface area contributed by atoms with E-state index in [-0.39, 0.29) is 17.3 Å². The Morgan fingerprint density at radius 1 is 1.03 bits per heavy atom. The van der Waals surface area contributed by atoms with Gasteiger partial charge in [-0.05, 0) is 29.0 Å². The molecule has 0 bridgehead atoms. The number of carbonyl (C=O) groups excluding carboxylic acids is 1. The summed E-state index contributed by atoms with van der Waals surface area (Å²) in [6.07, 6.45) is 0. The monoisotopic (exact) mass is 419 g/mol. The first-order chi connectivity index (χ1) is 14.6. The van der Waals surface area contributed by atoms with Crippen molar-refractivity contribution in [1.29, 1.82) is 0 Å². The predicted molar refractivity (Wildman–Crippen MR) is 116 cm³/mol. The summed E-state index contributed by atoms with van der Waals surface area (Å²) >= 11 is 1.50. The third kappa shape index (κ3) is 4.49. The molecule has 0 aliphatic carbocycles. The molecule has 0 spiro atoms. The van der Waals surface area contributed by atoms with Gasteiger partial charge >= 0.3 is 0 Å². The minimum atomic E-state index is -0.432. The molecule has 4 aromatic rings. The van der Waals surface area contributed by atoms with Crippen molar-refractivity contribution in [2.45, 2.75) is 4.90 Å². The molecule has 1 amide bonds. The van der Waals surface area contributed by atoms with E-state index in [2.05, 4.69) is 10.5 Å². The second kappa shape index (κ2) is 8.79. The van der Waals surface area contributed by atoms with Gasteiger partial charge in [0.25, 0.3) is 11.6 Å². The standard InChI is InChI=1S/C22H17N3O4S/c26-22(23-11-12-30-19-9-7-18(8-10-19)25(27)28)20-14-21(29-24-20)17-6-5-15-3-1-2-4-16(15)13-17/h1-10,13-14H,11-12H2,(H,23,26). The highest BCUT2D eigenvalue weighted by atomic mass is 32.2. The Kier molecular flexibility index (Phi) is 5.76. The van der Waals surface area contributed by atoms with Crippen LogP contribution in [0, 0.1) is 10.1 Å². The van der Waals surface area contributed by atoms with Crippen molar-refractivity contribution in [3.05, 3.63) is 88.6 Å². The van der Waals surface area contributed by atoms with Gasteiger partial charge in [-0.25, -0.2) is 0 Å². The fourth-order valence-corrected chi connectivity index (χ4v) is 3.72. The molecule has 1 N–H and O–H groups in total. The topological polar surface area (TPSA) is 98.3 Å². The number of nitro benzene ring substituents is 1. The van der Waals surface area contributed by atoms with Gasteiger partial charge < -0.3 is 9.84 Å². The summed E-state index contributed by atoms with van der Waals surface area (Å²) in [4.78, 5) is 23.5. The van der Waals surface area contributed by atoms with E-state index in [1.807, 2.05) is 42.5 Å². The molecule has 150 valence electrons.